The lowest BCUT2D eigenvalue weighted by Gasteiger charge is -2.31. The zero-order chi connectivity index (χ0) is 18.6. The summed E-state index contributed by atoms with van der Waals surface area (Å²) in [4.78, 5) is 18.1. The van der Waals surface area contributed by atoms with E-state index in [0.717, 1.165) is 25.2 Å². The first-order valence-electron chi connectivity index (χ1n) is 8.95. The molecule has 0 bridgehead atoms. The van der Waals surface area contributed by atoms with Crippen LogP contribution in [-0.4, -0.2) is 52.1 Å². The van der Waals surface area contributed by atoms with Crippen molar-refractivity contribution in [3.8, 4) is 0 Å². The predicted octanol–water partition coefficient (Wildman–Crippen LogP) is 2.73. The van der Waals surface area contributed by atoms with Crippen molar-refractivity contribution >= 4 is 17.3 Å². The van der Waals surface area contributed by atoms with Gasteiger partial charge in [0.05, 0.1) is 25.5 Å². The molecule has 2 aromatic heterocycles. The van der Waals surface area contributed by atoms with Crippen LogP contribution in [0.3, 0.4) is 0 Å². The average Bonchev–Trinajstić information content (AvgIpc) is 3.07. The smallest absolute Gasteiger partial charge is 0.372 e. The van der Waals surface area contributed by atoms with Gasteiger partial charge in [-0.1, -0.05) is 36.4 Å². The van der Waals surface area contributed by atoms with Crippen molar-refractivity contribution < 1.29 is 9.66 Å². The van der Waals surface area contributed by atoms with Gasteiger partial charge in [-0.05, 0) is 16.6 Å². The van der Waals surface area contributed by atoms with E-state index in [9.17, 15) is 10.1 Å². The number of ether oxygens (including phenoxy) is 1. The van der Waals surface area contributed by atoms with Crippen LogP contribution in [0, 0.1) is 10.1 Å². The number of imidazole rings is 1. The van der Waals surface area contributed by atoms with Crippen molar-refractivity contribution in [2.24, 2.45) is 0 Å². The number of rotatable bonds is 6. The number of morpholine rings is 1. The first kappa shape index (κ1) is 17.4. The van der Waals surface area contributed by atoms with E-state index in [4.69, 9.17) is 4.74 Å². The number of nitro groups is 1. The molecule has 0 amide bonds. The van der Waals surface area contributed by atoms with E-state index in [2.05, 4.69) is 15.2 Å². The molecule has 1 N–H and O–H groups in total. The van der Waals surface area contributed by atoms with Gasteiger partial charge in [0.1, 0.15) is 0 Å². The molecule has 0 saturated carbocycles. The minimum absolute atomic E-state index is 0.0477. The summed E-state index contributed by atoms with van der Waals surface area (Å²) in [7, 11) is 0. The number of fused-ring (bicyclic) bond motifs is 1. The maximum atomic E-state index is 11.7. The molecule has 1 aromatic carbocycles. The Labute approximate surface area is 156 Å². The second kappa shape index (κ2) is 7.73. The third kappa shape index (κ3) is 3.76. The van der Waals surface area contributed by atoms with E-state index < -0.39 is 0 Å². The number of anilines is 1. The SMILES string of the molecule is O=[N+]([O-])c1c(NC(CN2CCOCC2)c2ccccc2)nc2ccccn12. The number of nitrogens with zero attached hydrogens (tertiary/aromatic N) is 4. The van der Waals surface area contributed by atoms with Gasteiger partial charge in [-0.2, -0.15) is 9.38 Å². The van der Waals surface area contributed by atoms with Gasteiger partial charge in [-0.15, -0.1) is 0 Å². The summed E-state index contributed by atoms with van der Waals surface area (Å²) < 4.78 is 6.93. The van der Waals surface area contributed by atoms with Crippen molar-refractivity contribution in [2.45, 2.75) is 6.04 Å². The van der Waals surface area contributed by atoms with Gasteiger partial charge >= 0.3 is 5.82 Å². The lowest BCUT2D eigenvalue weighted by molar-refractivity contribution is -0.389. The van der Waals surface area contributed by atoms with E-state index in [-0.39, 0.29) is 22.6 Å². The minimum Gasteiger partial charge on any atom is -0.379 e. The number of pyridine rings is 1. The molecule has 0 spiro atoms. The average molecular weight is 367 g/mol. The summed E-state index contributed by atoms with van der Waals surface area (Å²) in [5.41, 5.74) is 1.61. The Kier molecular flexibility index (Phi) is 4.99. The van der Waals surface area contributed by atoms with Crippen molar-refractivity contribution in [3.63, 3.8) is 0 Å². The first-order valence-corrected chi connectivity index (χ1v) is 8.95. The zero-order valence-corrected chi connectivity index (χ0v) is 14.8. The number of hydrogen-bond donors (Lipinski definition) is 1. The molecule has 1 saturated heterocycles. The van der Waals surface area contributed by atoms with Crippen LogP contribution in [0.2, 0.25) is 0 Å². The van der Waals surface area contributed by atoms with Gasteiger partial charge in [-0.25, -0.2) is 0 Å². The van der Waals surface area contributed by atoms with Crippen LogP contribution in [-0.2, 0) is 4.74 Å². The first-order chi connectivity index (χ1) is 13.2. The highest BCUT2D eigenvalue weighted by molar-refractivity contribution is 5.62. The van der Waals surface area contributed by atoms with E-state index in [1.54, 1.807) is 18.3 Å². The van der Waals surface area contributed by atoms with Crippen LogP contribution in [0.1, 0.15) is 11.6 Å². The maximum absolute atomic E-state index is 11.7. The Bertz CT molecular complexity index is 921. The number of nitrogens with one attached hydrogen (secondary N) is 1. The van der Waals surface area contributed by atoms with Gasteiger partial charge in [0.25, 0.3) is 0 Å². The molecule has 140 valence electrons. The molecule has 1 unspecified atom stereocenters. The Morgan fingerprint density at radius 1 is 1.15 bits per heavy atom. The molecule has 8 nitrogen and oxygen atoms in total. The van der Waals surface area contributed by atoms with E-state index in [0.29, 0.717) is 18.9 Å². The summed E-state index contributed by atoms with van der Waals surface area (Å²) in [6.07, 6.45) is 1.66. The molecule has 1 atom stereocenters. The lowest BCUT2D eigenvalue weighted by atomic mass is 10.1. The Morgan fingerprint density at radius 2 is 1.89 bits per heavy atom. The molecule has 3 aromatic rings. The third-order valence-electron chi connectivity index (χ3n) is 4.74. The van der Waals surface area contributed by atoms with Crippen LogP contribution in [0.15, 0.2) is 54.7 Å². The van der Waals surface area contributed by atoms with Crippen molar-refractivity contribution in [1.82, 2.24) is 14.3 Å². The largest absolute Gasteiger partial charge is 0.379 e. The lowest BCUT2D eigenvalue weighted by Crippen LogP contribution is -2.40. The standard InChI is InChI=1S/C19H21N5O3/c25-24(26)19-18(21-17-8-4-5-9-23(17)19)20-16(15-6-2-1-3-7-15)14-22-10-12-27-13-11-22/h1-9,16,20H,10-14H2. The fourth-order valence-electron chi connectivity index (χ4n) is 3.38. The molecule has 27 heavy (non-hydrogen) atoms. The van der Waals surface area contributed by atoms with Crippen LogP contribution >= 0.6 is 0 Å². The highest BCUT2D eigenvalue weighted by Crippen LogP contribution is 2.29. The molecule has 1 aliphatic heterocycles. The van der Waals surface area contributed by atoms with Crippen molar-refractivity contribution in [1.29, 1.82) is 0 Å². The maximum Gasteiger partial charge on any atom is 0.372 e. The molecule has 8 heteroatoms. The Morgan fingerprint density at radius 3 is 2.63 bits per heavy atom. The molecule has 0 radical (unpaired) electrons. The second-order valence-corrected chi connectivity index (χ2v) is 6.49. The second-order valence-electron chi connectivity index (χ2n) is 6.49. The molecule has 1 fully saturated rings. The van der Waals surface area contributed by atoms with Gasteiger partial charge in [0.15, 0.2) is 0 Å². The topological polar surface area (TPSA) is 84.9 Å². The fraction of sp³-hybridized carbons (Fsp3) is 0.316. The summed E-state index contributed by atoms with van der Waals surface area (Å²) >= 11 is 0. The molecule has 4 rings (SSSR count). The Balaban J connectivity index is 1.68. The third-order valence-corrected chi connectivity index (χ3v) is 4.74. The van der Waals surface area contributed by atoms with E-state index >= 15 is 0 Å². The summed E-state index contributed by atoms with van der Waals surface area (Å²) in [6.45, 7) is 3.82. The summed E-state index contributed by atoms with van der Waals surface area (Å²) in [5.74, 6) is 0.238. The molecule has 3 heterocycles. The Hall–Kier alpha value is -2.97. The predicted molar refractivity (Wildman–Crippen MR) is 102 cm³/mol. The van der Waals surface area contributed by atoms with Crippen molar-refractivity contribution in [3.05, 3.63) is 70.4 Å². The van der Waals surface area contributed by atoms with Crippen LogP contribution < -0.4 is 5.32 Å². The normalized spacial score (nSPS) is 16.3. The molecule has 0 aliphatic carbocycles. The number of aromatic nitrogens is 2. The molecule has 1 aliphatic rings. The quantitative estimate of drug-likeness (QED) is 0.533. The van der Waals surface area contributed by atoms with Gasteiger partial charge < -0.3 is 20.2 Å². The van der Waals surface area contributed by atoms with Gasteiger partial charge in [0.2, 0.25) is 11.5 Å². The van der Waals surface area contributed by atoms with E-state index in [1.165, 1.54) is 4.40 Å². The fourth-order valence-corrected chi connectivity index (χ4v) is 3.38. The van der Waals surface area contributed by atoms with Crippen LogP contribution in [0.25, 0.3) is 5.65 Å². The summed E-state index contributed by atoms with van der Waals surface area (Å²) in [6, 6.07) is 15.2. The van der Waals surface area contributed by atoms with Gasteiger partial charge in [0, 0.05) is 25.7 Å². The molecular weight excluding hydrogens is 346 g/mol. The number of hydrogen-bond acceptors (Lipinski definition) is 6. The summed E-state index contributed by atoms with van der Waals surface area (Å²) in [5, 5.41) is 15.0. The highest BCUT2D eigenvalue weighted by Gasteiger charge is 2.26. The van der Waals surface area contributed by atoms with Crippen LogP contribution in [0.5, 0.6) is 0 Å². The number of benzene rings is 1. The van der Waals surface area contributed by atoms with Crippen LogP contribution in [0.4, 0.5) is 11.6 Å². The highest BCUT2D eigenvalue weighted by atomic mass is 16.6. The van der Waals surface area contributed by atoms with Crippen molar-refractivity contribution in [2.75, 3.05) is 38.2 Å². The zero-order valence-electron chi connectivity index (χ0n) is 14.8. The molecular formula is C19H21N5O3. The minimum atomic E-state index is -0.390. The van der Waals surface area contributed by atoms with E-state index in [1.807, 2.05) is 36.4 Å². The van der Waals surface area contributed by atoms with Gasteiger partial charge in [-0.3, -0.25) is 4.90 Å². The monoisotopic (exact) mass is 367 g/mol.